The predicted octanol–water partition coefficient (Wildman–Crippen LogP) is 3.85. The minimum Gasteiger partial charge on any atom is -0.302 e. The van der Waals surface area contributed by atoms with E-state index in [9.17, 15) is 0 Å². The topological polar surface area (TPSA) is 17.3 Å². The van der Waals surface area contributed by atoms with Gasteiger partial charge in [-0.05, 0) is 12.0 Å². The molecule has 2 rings (SSSR count). The van der Waals surface area contributed by atoms with Gasteiger partial charge in [0, 0.05) is 17.3 Å². The number of hydrogen-bond acceptors (Lipinski definition) is 1. The highest BCUT2D eigenvalue weighted by Gasteiger charge is 2.13. The number of hydrogen-bond donors (Lipinski definition) is 0. The second kappa shape index (κ2) is 4.03. The van der Waals surface area contributed by atoms with E-state index in [-0.39, 0.29) is 0 Å². The van der Waals surface area contributed by atoms with Gasteiger partial charge in [0.25, 0.3) is 0 Å². The zero-order chi connectivity index (χ0) is 11.0. The summed E-state index contributed by atoms with van der Waals surface area (Å²) >= 11 is 11.9. The van der Waals surface area contributed by atoms with Gasteiger partial charge in [-0.2, -0.15) is 0 Å². The lowest BCUT2D eigenvalue weighted by atomic mass is 10.1. The van der Waals surface area contributed by atoms with E-state index in [1.54, 1.807) is 0 Å². The van der Waals surface area contributed by atoms with Crippen LogP contribution in [0.15, 0.2) is 18.3 Å². The minimum atomic E-state index is 0.373. The maximum atomic E-state index is 5.94. The van der Waals surface area contributed by atoms with Crippen LogP contribution in [0.4, 0.5) is 0 Å². The molecule has 0 bridgehead atoms. The molecule has 0 unspecified atom stereocenters. The Kier molecular flexibility index (Phi) is 2.89. The smallest absolute Gasteiger partial charge is 0.138 e. The van der Waals surface area contributed by atoms with Gasteiger partial charge < -0.3 is 4.40 Å². The minimum absolute atomic E-state index is 0.373. The molecule has 15 heavy (non-hydrogen) atoms. The highest BCUT2D eigenvalue weighted by molar-refractivity contribution is 6.30. The van der Waals surface area contributed by atoms with E-state index in [2.05, 4.69) is 18.8 Å². The van der Waals surface area contributed by atoms with Crippen LogP contribution < -0.4 is 0 Å². The Balaban J connectivity index is 2.73. The van der Waals surface area contributed by atoms with Crippen molar-refractivity contribution >= 4 is 28.8 Å². The first kappa shape index (κ1) is 10.8. The SMILES string of the molecule is CC(C)c1nc2cc(Cl)ccn2c1CCl. The Morgan fingerprint density at radius 2 is 2.20 bits per heavy atom. The molecule has 2 nitrogen and oxygen atoms in total. The highest BCUT2D eigenvalue weighted by atomic mass is 35.5. The molecular formula is C11H12Cl2N2. The summed E-state index contributed by atoms with van der Waals surface area (Å²) in [7, 11) is 0. The Morgan fingerprint density at radius 1 is 1.47 bits per heavy atom. The lowest BCUT2D eigenvalue weighted by Gasteiger charge is -2.03. The third kappa shape index (κ3) is 1.84. The van der Waals surface area contributed by atoms with Crippen molar-refractivity contribution in [3.63, 3.8) is 0 Å². The largest absolute Gasteiger partial charge is 0.302 e. The molecule has 2 aromatic rings. The van der Waals surface area contributed by atoms with Crippen LogP contribution in [0.25, 0.3) is 5.65 Å². The molecule has 0 aliphatic rings. The van der Waals surface area contributed by atoms with Crippen LogP contribution in [0.3, 0.4) is 0 Å². The van der Waals surface area contributed by atoms with E-state index >= 15 is 0 Å². The standard InChI is InChI=1S/C11H12Cl2N2/c1-7(2)11-9(6-12)15-4-3-8(13)5-10(15)14-11/h3-5,7H,6H2,1-2H3. The predicted molar refractivity (Wildman–Crippen MR) is 63.8 cm³/mol. The van der Waals surface area contributed by atoms with E-state index in [4.69, 9.17) is 23.2 Å². The number of pyridine rings is 1. The van der Waals surface area contributed by atoms with Gasteiger partial charge in [0.05, 0.1) is 17.3 Å². The third-order valence-electron chi connectivity index (χ3n) is 2.39. The van der Waals surface area contributed by atoms with Gasteiger partial charge in [0.2, 0.25) is 0 Å². The molecule has 2 aromatic heterocycles. The highest BCUT2D eigenvalue weighted by Crippen LogP contribution is 2.23. The van der Waals surface area contributed by atoms with Gasteiger partial charge in [-0.1, -0.05) is 25.4 Å². The van der Waals surface area contributed by atoms with Crippen molar-refractivity contribution in [3.8, 4) is 0 Å². The first-order valence-electron chi connectivity index (χ1n) is 4.86. The number of halogens is 2. The number of fused-ring (bicyclic) bond motifs is 1. The van der Waals surface area contributed by atoms with Gasteiger partial charge in [0.1, 0.15) is 5.65 Å². The Labute approximate surface area is 98.8 Å². The molecule has 0 N–H and O–H groups in total. The van der Waals surface area contributed by atoms with Crippen LogP contribution in [0.2, 0.25) is 5.02 Å². The second-order valence-electron chi connectivity index (χ2n) is 3.81. The van der Waals surface area contributed by atoms with E-state index in [0.29, 0.717) is 16.8 Å². The van der Waals surface area contributed by atoms with E-state index in [1.165, 1.54) is 0 Å². The van der Waals surface area contributed by atoms with Crippen molar-refractivity contribution in [1.82, 2.24) is 9.38 Å². The Hall–Kier alpha value is -0.730. The molecule has 0 spiro atoms. The number of imidazole rings is 1. The van der Waals surface area contributed by atoms with Crippen molar-refractivity contribution in [2.75, 3.05) is 0 Å². The number of aromatic nitrogens is 2. The molecule has 0 atom stereocenters. The Morgan fingerprint density at radius 3 is 2.80 bits per heavy atom. The maximum absolute atomic E-state index is 5.94. The molecule has 0 fully saturated rings. The fraction of sp³-hybridized carbons (Fsp3) is 0.364. The molecule has 2 heterocycles. The summed E-state index contributed by atoms with van der Waals surface area (Å²) in [4.78, 5) is 4.54. The van der Waals surface area contributed by atoms with Crippen molar-refractivity contribution in [2.45, 2.75) is 25.6 Å². The van der Waals surface area contributed by atoms with Crippen molar-refractivity contribution in [1.29, 1.82) is 0 Å². The maximum Gasteiger partial charge on any atom is 0.138 e. The fourth-order valence-electron chi connectivity index (χ4n) is 1.68. The molecule has 0 radical (unpaired) electrons. The van der Waals surface area contributed by atoms with E-state index in [1.807, 2.05) is 22.7 Å². The monoisotopic (exact) mass is 242 g/mol. The van der Waals surface area contributed by atoms with Crippen LogP contribution in [0.1, 0.15) is 31.2 Å². The lowest BCUT2D eigenvalue weighted by Crippen LogP contribution is -1.95. The Bertz CT molecular complexity index is 489. The van der Waals surface area contributed by atoms with Gasteiger partial charge in [-0.15, -0.1) is 11.6 Å². The summed E-state index contributed by atoms with van der Waals surface area (Å²) in [5.74, 6) is 0.841. The summed E-state index contributed by atoms with van der Waals surface area (Å²) in [6.07, 6.45) is 1.91. The lowest BCUT2D eigenvalue weighted by molar-refractivity contribution is 0.818. The summed E-state index contributed by atoms with van der Waals surface area (Å²) in [6, 6.07) is 3.69. The summed E-state index contributed by atoms with van der Waals surface area (Å²) in [5.41, 5.74) is 2.97. The molecule has 0 aliphatic heterocycles. The third-order valence-corrected chi connectivity index (χ3v) is 2.88. The summed E-state index contributed by atoms with van der Waals surface area (Å²) in [6.45, 7) is 4.22. The molecule has 0 saturated heterocycles. The van der Waals surface area contributed by atoms with Crippen molar-refractivity contribution in [2.24, 2.45) is 0 Å². The molecular weight excluding hydrogens is 231 g/mol. The van der Waals surface area contributed by atoms with Crippen LogP contribution in [0, 0.1) is 0 Å². The number of alkyl halides is 1. The first-order valence-corrected chi connectivity index (χ1v) is 5.77. The summed E-state index contributed by atoms with van der Waals surface area (Å²) < 4.78 is 1.99. The van der Waals surface area contributed by atoms with Crippen LogP contribution in [-0.4, -0.2) is 9.38 Å². The molecule has 0 aromatic carbocycles. The van der Waals surface area contributed by atoms with Crippen LogP contribution in [-0.2, 0) is 5.88 Å². The molecule has 0 saturated carbocycles. The fourth-order valence-corrected chi connectivity index (χ4v) is 2.10. The zero-order valence-corrected chi connectivity index (χ0v) is 10.2. The van der Waals surface area contributed by atoms with Crippen LogP contribution in [0.5, 0.6) is 0 Å². The second-order valence-corrected chi connectivity index (χ2v) is 4.51. The number of rotatable bonds is 2. The molecule has 4 heteroatoms. The van der Waals surface area contributed by atoms with E-state index in [0.717, 1.165) is 17.0 Å². The zero-order valence-electron chi connectivity index (χ0n) is 8.67. The average molecular weight is 243 g/mol. The van der Waals surface area contributed by atoms with Crippen molar-refractivity contribution in [3.05, 3.63) is 34.7 Å². The molecule has 0 aliphatic carbocycles. The number of nitrogens with zero attached hydrogens (tertiary/aromatic N) is 2. The van der Waals surface area contributed by atoms with Gasteiger partial charge in [-0.25, -0.2) is 4.98 Å². The normalized spacial score (nSPS) is 11.5. The average Bonchev–Trinajstić information content (AvgIpc) is 2.55. The molecule has 80 valence electrons. The van der Waals surface area contributed by atoms with Crippen LogP contribution >= 0.6 is 23.2 Å². The molecule has 0 amide bonds. The summed E-state index contributed by atoms with van der Waals surface area (Å²) in [5, 5.41) is 0.698. The first-order chi connectivity index (χ1) is 7.13. The van der Waals surface area contributed by atoms with E-state index < -0.39 is 0 Å². The van der Waals surface area contributed by atoms with Gasteiger partial charge in [0.15, 0.2) is 0 Å². The quantitative estimate of drug-likeness (QED) is 0.732. The van der Waals surface area contributed by atoms with Gasteiger partial charge in [-0.3, -0.25) is 0 Å². The van der Waals surface area contributed by atoms with Crippen molar-refractivity contribution < 1.29 is 0 Å². The van der Waals surface area contributed by atoms with Gasteiger partial charge >= 0.3 is 0 Å².